The van der Waals surface area contributed by atoms with Gasteiger partial charge in [-0.3, -0.25) is 0 Å². The highest BCUT2D eigenvalue weighted by molar-refractivity contribution is 7.09. The van der Waals surface area contributed by atoms with Crippen LogP contribution in [-0.2, 0) is 5.60 Å². The molecule has 0 radical (unpaired) electrons. The molecule has 0 aliphatic heterocycles. The van der Waals surface area contributed by atoms with Crippen LogP contribution >= 0.6 is 11.3 Å². The molecule has 0 aliphatic carbocycles. The zero-order valence-electron chi connectivity index (χ0n) is 14.1. The van der Waals surface area contributed by atoms with Crippen LogP contribution in [0.1, 0.15) is 47.7 Å². The maximum absolute atomic E-state index is 12.0. The first-order valence-electron chi connectivity index (χ1n) is 7.45. The molecule has 0 saturated carbocycles. The minimum Gasteiger partial charge on any atom is -0.466 e. The molecule has 0 fully saturated rings. The van der Waals surface area contributed by atoms with Crippen LogP contribution in [0.4, 0.5) is 4.79 Å². The number of aliphatic hydroxyl groups is 1. The van der Waals surface area contributed by atoms with E-state index in [-0.39, 0.29) is 18.6 Å². The number of urea groups is 1. The van der Waals surface area contributed by atoms with E-state index in [9.17, 15) is 9.90 Å². The lowest BCUT2D eigenvalue weighted by Gasteiger charge is -2.24. The molecule has 2 aromatic rings. The number of carbonyl (C=O) groups excluding carboxylic acids is 1. The van der Waals surface area contributed by atoms with Crippen LogP contribution < -0.4 is 10.6 Å². The van der Waals surface area contributed by atoms with E-state index in [0.29, 0.717) is 11.3 Å². The molecule has 3 N–H and O–H groups in total. The summed E-state index contributed by atoms with van der Waals surface area (Å²) in [4.78, 5) is 16.4. The molecule has 2 atom stereocenters. The van der Waals surface area contributed by atoms with E-state index in [2.05, 4.69) is 15.6 Å². The molecule has 7 heteroatoms. The van der Waals surface area contributed by atoms with Crippen molar-refractivity contribution in [2.45, 2.75) is 46.3 Å². The Labute approximate surface area is 139 Å². The Morgan fingerprint density at radius 3 is 2.70 bits per heavy atom. The Kier molecular flexibility index (Phi) is 5.11. The minimum absolute atomic E-state index is 0.0856. The number of amides is 2. The number of aromatic nitrogens is 1. The molecular weight excluding hydrogens is 314 g/mol. The van der Waals surface area contributed by atoms with Crippen LogP contribution in [0.2, 0.25) is 0 Å². The molecule has 6 nitrogen and oxygen atoms in total. The van der Waals surface area contributed by atoms with Crippen molar-refractivity contribution in [1.29, 1.82) is 0 Å². The van der Waals surface area contributed by atoms with Gasteiger partial charge in [-0.25, -0.2) is 9.78 Å². The maximum atomic E-state index is 12.0. The highest BCUT2D eigenvalue weighted by Crippen LogP contribution is 2.26. The summed E-state index contributed by atoms with van der Waals surface area (Å²) in [6, 6.07) is 1.26. The number of hydrogen-bond donors (Lipinski definition) is 3. The summed E-state index contributed by atoms with van der Waals surface area (Å²) in [5.74, 6) is 1.39. The van der Waals surface area contributed by atoms with E-state index >= 15 is 0 Å². The molecule has 0 saturated heterocycles. The number of nitrogens with one attached hydrogen (secondary N) is 2. The molecular formula is C16H23N3O3S. The largest absolute Gasteiger partial charge is 0.466 e. The molecule has 2 rings (SSSR count). The van der Waals surface area contributed by atoms with E-state index in [0.717, 1.165) is 16.5 Å². The van der Waals surface area contributed by atoms with Gasteiger partial charge in [-0.05, 0) is 40.7 Å². The van der Waals surface area contributed by atoms with E-state index < -0.39 is 5.60 Å². The van der Waals surface area contributed by atoms with Gasteiger partial charge in [0.2, 0.25) is 0 Å². The van der Waals surface area contributed by atoms with Gasteiger partial charge < -0.3 is 20.2 Å². The summed E-state index contributed by atoms with van der Waals surface area (Å²) >= 11 is 1.51. The van der Waals surface area contributed by atoms with Crippen molar-refractivity contribution in [3.63, 3.8) is 0 Å². The van der Waals surface area contributed by atoms with Crippen molar-refractivity contribution < 1.29 is 14.3 Å². The van der Waals surface area contributed by atoms with Crippen molar-refractivity contribution in [1.82, 2.24) is 15.6 Å². The van der Waals surface area contributed by atoms with Gasteiger partial charge in [0.25, 0.3) is 0 Å². The standard InChI is InChI=1S/C16H23N3O3S/c1-9-7-23-14(18-9)11(3)19-15(20)17-8-16(5,21)13-6-10(2)22-12(13)4/h6-7,11,21H,8H2,1-5H3,(H2,17,19,20)/t11-,16+/m1/s1. The first-order chi connectivity index (χ1) is 10.7. The lowest BCUT2D eigenvalue weighted by molar-refractivity contribution is 0.0578. The van der Waals surface area contributed by atoms with Gasteiger partial charge in [0, 0.05) is 16.6 Å². The first kappa shape index (κ1) is 17.5. The summed E-state index contributed by atoms with van der Waals surface area (Å²) < 4.78 is 5.44. The minimum atomic E-state index is -1.19. The van der Waals surface area contributed by atoms with E-state index in [1.165, 1.54) is 11.3 Å². The second-order valence-corrected chi connectivity index (χ2v) is 6.87. The van der Waals surface area contributed by atoms with Crippen molar-refractivity contribution >= 4 is 17.4 Å². The first-order valence-corrected chi connectivity index (χ1v) is 8.33. The van der Waals surface area contributed by atoms with Gasteiger partial charge in [-0.2, -0.15) is 0 Å². The third-order valence-corrected chi connectivity index (χ3v) is 4.71. The van der Waals surface area contributed by atoms with Crippen molar-refractivity contribution in [2.75, 3.05) is 6.54 Å². The molecule has 0 aromatic carbocycles. The second-order valence-electron chi connectivity index (χ2n) is 5.98. The normalized spacial score (nSPS) is 15.0. The molecule has 2 amide bonds. The van der Waals surface area contributed by atoms with Gasteiger partial charge in [-0.15, -0.1) is 11.3 Å². The van der Waals surface area contributed by atoms with Crippen LogP contribution in [0.15, 0.2) is 15.9 Å². The van der Waals surface area contributed by atoms with Crippen LogP contribution in [0.5, 0.6) is 0 Å². The van der Waals surface area contributed by atoms with Crippen molar-refractivity contribution in [3.05, 3.63) is 39.2 Å². The average molecular weight is 337 g/mol. The predicted octanol–water partition coefficient (Wildman–Crippen LogP) is 2.93. The van der Waals surface area contributed by atoms with Gasteiger partial charge in [0.1, 0.15) is 22.1 Å². The third-order valence-electron chi connectivity index (χ3n) is 3.57. The Balaban J connectivity index is 1.92. The molecule has 0 bridgehead atoms. The Bertz CT molecular complexity index is 691. The quantitative estimate of drug-likeness (QED) is 0.783. The van der Waals surface area contributed by atoms with Crippen LogP contribution in [-0.4, -0.2) is 22.7 Å². The number of carbonyl (C=O) groups is 1. The number of furan rings is 1. The zero-order chi connectivity index (χ0) is 17.2. The lowest BCUT2D eigenvalue weighted by atomic mass is 9.96. The second kappa shape index (κ2) is 6.72. The number of rotatable bonds is 5. The highest BCUT2D eigenvalue weighted by Gasteiger charge is 2.28. The molecule has 23 heavy (non-hydrogen) atoms. The van der Waals surface area contributed by atoms with E-state index in [4.69, 9.17) is 4.42 Å². The van der Waals surface area contributed by atoms with E-state index in [1.54, 1.807) is 19.9 Å². The number of aryl methyl sites for hydroxylation is 3. The van der Waals surface area contributed by atoms with Crippen LogP contribution in [0.3, 0.4) is 0 Å². The Morgan fingerprint density at radius 1 is 1.48 bits per heavy atom. The van der Waals surface area contributed by atoms with Crippen molar-refractivity contribution in [3.8, 4) is 0 Å². The summed E-state index contributed by atoms with van der Waals surface area (Å²) in [6.07, 6.45) is 0. The zero-order valence-corrected chi connectivity index (χ0v) is 14.9. The van der Waals surface area contributed by atoms with Crippen molar-refractivity contribution in [2.24, 2.45) is 0 Å². The fraction of sp³-hybridized carbons (Fsp3) is 0.500. The van der Waals surface area contributed by atoms with Gasteiger partial charge >= 0.3 is 6.03 Å². The van der Waals surface area contributed by atoms with Gasteiger partial charge in [-0.1, -0.05) is 0 Å². The average Bonchev–Trinajstić information content (AvgIpc) is 3.03. The lowest BCUT2D eigenvalue weighted by Crippen LogP contribution is -2.44. The highest BCUT2D eigenvalue weighted by atomic mass is 32.1. The third kappa shape index (κ3) is 4.33. The van der Waals surface area contributed by atoms with Gasteiger partial charge in [0.15, 0.2) is 0 Å². The SMILES string of the molecule is Cc1csc([C@@H](C)NC(=O)NC[C@](C)(O)c2cc(C)oc2C)n1. The summed E-state index contributed by atoms with van der Waals surface area (Å²) in [5.41, 5.74) is 0.423. The molecule has 0 spiro atoms. The summed E-state index contributed by atoms with van der Waals surface area (Å²) in [7, 11) is 0. The Morgan fingerprint density at radius 2 is 2.17 bits per heavy atom. The number of thiazole rings is 1. The molecule has 2 aromatic heterocycles. The maximum Gasteiger partial charge on any atom is 0.315 e. The monoisotopic (exact) mass is 337 g/mol. The van der Waals surface area contributed by atoms with Gasteiger partial charge in [0.05, 0.1) is 12.6 Å². The summed E-state index contributed by atoms with van der Waals surface area (Å²) in [6.45, 7) is 9.15. The fourth-order valence-corrected chi connectivity index (χ4v) is 3.20. The molecule has 126 valence electrons. The Hall–Kier alpha value is -1.86. The predicted molar refractivity (Wildman–Crippen MR) is 89.6 cm³/mol. The molecule has 0 aliphatic rings. The molecule has 2 heterocycles. The smallest absolute Gasteiger partial charge is 0.315 e. The molecule has 0 unspecified atom stereocenters. The van der Waals surface area contributed by atoms with E-state index in [1.807, 2.05) is 26.2 Å². The number of nitrogens with zero attached hydrogens (tertiary/aromatic N) is 1. The fourth-order valence-electron chi connectivity index (χ4n) is 2.39. The summed E-state index contributed by atoms with van der Waals surface area (Å²) in [5, 5.41) is 18.9. The van der Waals surface area contributed by atoms with Crippen LogP contribution in [0.25, 0.3) is 0 Å². The van der Waals surface area contributed by atoms with Crippen LogP contribution in [0, 0.1) is 20.8 Å². The topological polar surface area (TPSA) is 87.4 Å². The number of hydrogen-bond acceptors (Lipinski definition) is 5.